The molecule has 4 saturated carbocycles. The maximum absolute atomic E-state index is 12.7. The van der Waals surface area contributed by atoms with Crippen molar-refractivity contribution in [2.45, 2.75) is 51.5 Å². The van der Waals surface area contributed by atoms with E-state index in [-0.39, 0.29) is 35.2 Å². The van der Waals surface area contributed by atoms with Crippen LogP contribution in [0.25, 0.3) is 10.8 Å². The summed E-state index contributed by atoms with van der Waals surface area (Å²) in [6.45, 7) is 1.75. The molecule has 1 amide bonds. The lowest BCUT2D eigenvalue weighted by Gasteiger charge is -2.59. The van der Waals surface area contributed by atoms with Gasteiger partial charge in [-0.05, 0) is 74.7 Å². The molecule has 4 fully saturated rings. The molecule has 4 bridgehead atoms. The van der Waals surface area contributed by atoms with Crippen molar-refractivity contribution in [3.05, 3.63) is 40.3 Å². The number of aromatic nitrogens is 2. The quantitative estimate of drug-likeness (QED) is 0.747. The maximum Gasteiger partial charge on any atom is 0.359 e. The second kappa shape index (κ2) is 7.46. The van der Waals surface area contributed by atoms with Crippen molar-refractivity contribution in [1.82, 2.24) is 15.1 Å². The topological polar surface area (TPSA) is 90.3 Å². The molecule has 1 N–H and O–H groups in total. The summed E-state index contributed by atoms with van der Waals surface area (Å²) >= 11 is 0. The van der Waals surface area contributed by atoms with Crippen molar-refractivity contribution in [1.29, 1.82) is 0 Å². The van der Waals surface area contributed by atoms with Gasteiger partial charge in [0.15, 0.2) is 12.3 Å². The van der Waals surface area contributed by atoms with Crippen LogP contribution in [0.1, 0.15) is 55.9 Å². The van der Waals surface area contributed by atoms with Gasteiger partial charge in [-0.25, -0.2) is 9.48 Å². The number of aryl methyl sites for hydroxylation is 1. The first-order valence-corrected chi connectivity index (χ1v) is 11.3. The van der Waals surface area contributed by atoms with Crippen LogP contribution in [0.15, 0.2) is 29.1 Å². The number of fused-ring (bicyclic) bond motifs is 1. The Morgan fingerprint density at radius 1 is 1.13 bits per heavy atom. The van der Waals surface area contributed by atoms with E-state index in [4.69, 9.17) is 4.74 Å². The molecule has 1 aromatic carbocycles. The summed E-state index contributed by atoms with van der Waals surface area (Å²) in [6, 6.07) is 6.85. The zero-order valence-electron chi connectivity index (χ0n) is 18.1. The van der Waals surface area contributed by atoms with E-state index in [9.17, 15) is 14.4 Å². The molecule has 7 nitrogen and oxygen atoms in total. The van der Waals surface area contributed by atoms with Crippen LogP contribution in [0, 0.1) is 23.2 Å². The number of benzene rings is 1. The Morgan fingerprint density at radius 2 is 1.71 bits per heavy atom. The van der Waals surface area contributed by atoms with Gasteiger partial charge in [0.1, 0.15) is 0 Å². The van der Waals surface area contributed by atoms with E-state index >= 15 is 0 Å². The Bertz CT molecular complexity index is 1070. The third-order valence-electron chi connectivity index (χ3n) is 7.87. The van der Waals surface area contributed by atoms with Crippen LogP contribution in [-0.2, 0) is 16.6 Å². The average Bonchev–Trinajstić information content (AvgIpc) is 2.73. The van der Waals surface area contributed by atoms with Gasteiger partial charge in [-0.1, -0.05) is 18.2 Å². The summed E-state index contributed by atoms with van der Waals surface area (Å²) < 4.78 is 6.40. The predicted molar refractivity (Wildman–Crippen MR) is 115 cm³/mol. The van der Waals surface area contributed by atoms with Gasteiger partial charge in [-0.15, -0.1) is 0 Å². The number of amides is 1. The summed E-state index contributed by atoms with van der Waals surface area (Å²) in [7, 11) is 1.49. The second-order valence-corrected chi connectivity index (χ2v) is 9.97. The number of carbonyl (C=O) groups excluding carboxylic acids is 2. The zero-order chi connectivity index (χ0) is 21.8. The first kappa shape index (κ1) is 20.2. The number of nitrogens with zero attached hydrogens (tertiary/aromatic N) is 2. The summed E-state index contributed by atoms with van der Waals surface area (Å²) in [6.07, 6.45) is 7.69. The van der Waals surface area contributed by atoms with Crippen molar-refractivity contribution in [2.24, 2.45) is 30.2 Å². The van der Waals surface area contributed by atoms with Crippen LogP contribution in [0.4, 0.5) is 0 Å². The molecule has 0 aliphatic heterocycles. The molecule has 1 atom stereocenters. The molecule has 0 radical (unpaired) electrons. The molecule has 7 heteroatoms. The van der Waals surface area contributed by atoms with Crippen LogP contribution >= 0.6 is 0 Å². The van der Waals surface area contributed by atoms with Gasteiger partial charge < -0.3 is 10.1 Å². The van der Waals surface area contributed by atoms with Crippen LogP contribution in [0.2, 0.25) is 0 Å². The molecule has 0 saturated heterocycles. The summed E-state index contributed by atoms with van der Waals surface area (Å²) in [5.74, 6) is 1.45. The third kappa shape index (κ3) is 3.54. The zero-order valence-corrected chi connectivity index (χ0v) is 18.1. The van der Waals surface area contributed by atoms with E-state index < -0.39 is 5.97 Å². The molecular formula is C24H29N3O4. The highest BCUT2D eigenvalue weighted by molar-refractivity contribution is 6.02. The lowest BCUT2D eigenvalue weighted by molar-refractivity contribution is -0.128. The lowest BCUT2D eigenvalue weighted by Crippen LogP contribution is -2.56. The Hall–Kier alpha value is -2.70. The molecule has 0 spiro atoms. The van der Waals surface area contributed by atoms with E-state index in [1.165, 1.54) is 45.6 Å². The fourth-order valence-electron chi connectivity index (χ4n) is 6.79. The molecule has 2 aromatic rings. The predicted octanol–water partition coefficient (Wildman–Crippen LogP) is 2.81. The standard InChI is InChI=1S/C24H29N3O4/c1-14(24-10-15-7-16(11-24)9-17(8-15)12-24)25-20(28)13-31-23(30)21-18-5-3-4-6-19(18)22(29)27(2)26-21/h3-6,14-17H,7-13H2,1-2H3,(H,25,28). The number of ether oxygens (including phenoxy) is 1. The third-order valence-corrected chi connectivity index (χ3v) is 7.87. The molecule has 1 heterocycles. The molecule has 164 valence electrons. The van der Waals surface area contributed by atoms with Gasteiger partial charge in [0, 0.05) is 18.5 Å². The Morgan fingerprint density at radius 3 is 2.32 bits per heavy atom. The number of rotatable bonds is 5. The van der Waals surface area contributed by atoms with Gasteiger partial charge in [0.25, 0.3) is 11.5 Å². The fourth-order valence-corrected chi connectivity index (χ4v) is 6.79. The average molecular weight is 424 g/mol. The first-order valence-electron chi connectivity index (χ1n) is 11.3. The number of hydrogen-bond acceptors (Lipinski definition) is 5. The van der Waals surface area contributed by atoms with E-state index in [0.29, 0.717) is 10.8 Å². The molecular weight excluding hydrogens is 394 g/mol. The molecule has 4 aliphatic rings. The van der Waals surface area contributed by atoms with Gasteiger partial charge in [-0.2, -0.15) is 5.10 Å². The minimum absolute atomic E-state index is 0.0413. The van der Waals surface area contributed by atoms with Gasteiger partial charge in [0.05, 0.1) is 5.39 Å². The molecule has 4 aliphatic carbocycles. The summed E-state index contributed by atoms with van der Waals surface area (Å²) in [5.41, 5.74) is -0.0434. The monoisotopic (exact) mass is 423 g/mol. The van der Waals surface area contributed by atoms with Crippen molar-refractivity contribution in [3.8, 4) is 0 Å². The largest absolute Gasteiger partial charge is 0.451 e. The number of carbonyl (C=O) groups is 2. The molecule has 31 heavy (non-hydrogen) atoms. The van der Waals surface area contributed by atoms with E-state index in [2.05, 4.69) is 17.3 Å². The lowest BCUT2D eigenvalue weighted by atomic mass is 9.48. The van der Waals surface area contributed by atoms with Crippen LogP contribution in [-0.4, -0.2) is 34.3 Å². The number of hydrogen-bond donors (Lipinski definition) is 1. The minimum Gasteiger partial charge on any atom is -0.451 e. The summed E-state index contributed by atoms with van der Waals surface area (Å²) in [5, 5.41) is 8.00. The number of nitrogens with one attached hydrogen (secondary N) is 1. The maximum atomic E-state index is 12.7. The highest BCUT2D eigenvalue weighted by Gasteiger charge is 2.53. The fraction of sp³-hybridized carbons (Fsp3) is 0.583. The Balaban J connectivity index is 1.24. The van der Waals surface area contributed by atoms with Gasteiger partial charge in [0.2, 0.25) is 0 Å². The first-order chi connectivity index (χ1) is 14.8. The van der Waals surface area contributed by atoms with Crippen molar-refractivity contribution < 1.29 is 14.3 Å². The van der Waals surface area contributed by atoms with Crippen LogP contribution in [0.5, 0.6) is 0 Å². The van der Waals surface area contributed by atoms with Gasteiger partial charge >= 0.3 is 5.97 Å². The van der Waals surface area contributed by atoms with Gasteiger partial charge in [-0.3, -0.25) is 9.59 Å². The molecule has 6 rings (SSSR count). The normalized spacial score (nSPS) is 29.7. The highest BCUT2D eigenvalue weighted by Crippen LogP contribution is 2.61. The molecule has 1 aromatic heterocycles. The van der Waals surface area contributed by atoms with E-state index in [1.807, 2.05) is 0 Å². The Kier molecular flexibility index (Phi) is 4.87. The van der Waals surface area contributed by atoms with Crippen molar-refractivity contribution in [3.63, 3.8) is 0 Å². The summed E-state index contributed by atoms with van der Waals surface area (Å²) in [4.78, 5) is 37.5. The minimum atomic E-state index is -0.704. The van der Waals surface area contributed by atoms with Crippen molar-refractivity contribution >= 4 is 22.6 Å². The van der Waals surface area contributed by atoms with E-state index in [0.717, 1.165) is 22.4 Å². The van der Waals surface area contributed by atoms with E-state index in [1.54, 1.807) is 24.3 Å². The smallest absolute Gasteiger partial charge is 0.359 e. The SMILES string of the molecule is CC(NC(=O)COC(=O)c1nn(C)c(=O)c2ccccc12)C12CC3CC(CC(C3)C1)C2. The molecule has 1 unspecified atom stereocenters. The van der Waals surface area contributed by atoms with Crippen LogP contribution < -0.4 is 10.9 Å². The van der Waals surface area contributed by atoms with Crippen molar-refractivity contribution in [2.75, 3.05) is 6.61 Å². The second-order valence-electron chi connectivity index (χ2n) is 9.97. The van der Waals surface area contributed by atoms with Crippen LogP contribution in [0.3, 0.4) is 0 Å². The highest BCUT2D eigenvalue weighted by atomic mass is 16.5. The number of esters is 1. The Labute approximate surface area is 181 Å².